The van der Waals surface area contributed by atoms with Gasteiger partial charge < -0.3 is 0 Å². The van der Waals surface area contributed by atoms with Crippen LogP contribution in [0.1, 0.15) is 32.1 Å². The molecule has 2 saturated carbocycles. The van der Waals surface area contributed by atoms with Crippen LogP contribution in [0.15, 0.2) is 0 Å². The highest BCUT2D eigenvalue weighted by molar-refractivity contribution is 9.09. The molecule has 0 aromatic carbocycles. The van der Waals surface area contributed by atoms with E-state index in [9.17, 15) is 9.59 Å². The first-order chi connectivity index (χ1) is 8.24. The van der Waals surface area contributed by atoms with Crippen molar-refractivity contribution in [2.75, 3.05) is 11.9 Å². The first kappa shape index (κ1) is 11.7. The number of likely N-dealkylation sites (tertiary alicyclic amines) is 1. The van der Waals surface area contributed by atoms with Crippen LogP contribution in [0.25, 0.3) is 0 Å². The van der Waals surface area contributed by atoms with Gasteiger partial charge in [0.05, 0.1) is 11.8 Å². The third kappa shape index (κ3) is 1.67. The fraction of sp³-hybridized carbons (Fsp3) is 0.846. The molecule has 4 atom stereocenters. The van der Waals surface area contributed by atoms with Gasteiger partial charge in [-0.1, -0.05) is 15.9 Å². The van der Waals surface area contributed by atoms with E-state index in [1.54, 1.807) is 4.90 Å². The van der Waals surface area contributed by atoms with Crippen LogP contribution in [0, 0.1) is 23.7 Å². The smallest absolute Gasteiger partial charge is 0.233 e. The lowest BCUT2D eigenvalue weighted by Gasteiger charge is -2.19. The molecule has 0 aromatic rings. The summed E-state index contributed by atoms with van der Waals surface area (Å²) >= 11 is 3.38. The quantitative estimate of drug-likeness (QED) is 0.453. The van der Waals surface area contributed by atoms with E-state index < -0.39 is 0 Å². The number of amides is 2. The molecule has 3 fully saturated rings. The summed E-state index contributed by atoms with van der Waals surface area (Å²) in [4.78, 5) is 26.1. The normalized spacial score (nSPS) is 39.2. The van der Waals surface area contributed by atoms with Crippen LogP contribution in [0.2, 0.25) is 0 Å². The second-order valence-electron chi connectivity index (χ2n) is 5.61. The van der Waals surface area contributed by atoms with Crippen LogP contribution in [-0.2, 0) is 9.59 Å². The lowest BCUT2D eigenvalue weighted by atomic mass is 9.81. The van der Waals surface area contributed by atoms with Crippen LogP contribution in [0.5, 0.6) is 0 Å². The Morgan fingerprint density at radius 1 is 1.06 bits per heavy atom. The molecule has 2 aliphatic carbocycles. The number of fused-ring (bicyclic) bond motifs is 5. The van der Waals surface area contributed by atoms with Gasteiger partial charge in [-0.25, -0.2) is 0 Å². The van der Waals surface area contributed by atoms with Gasteiger partial charge in [0.15, 0.2) is 0 Å². The molecule has 2 bridgehead atoms. The van der Waals surface area contributed by atoms with Crippen molar-refractivity contribution in [3.8, 4) is 0 Å². The van der Waals surface area contributed by atoms with Gasteiger partial charge in [0, 0.05) is 11.9 Å². The molecular weight excluding hydrogens is 282 g/mol. The maximum absolute atomic E-state index is 12.3. The molecule has 1 heterocycles. The molecule has 1 aliphatic heterocycles. The monoisotopic (exact) mass is 299 g/mol. The first-order valence-electron chi connectivity index (χ1n) is 6.65. The van der Waals surface area contributed by atoms with Crippen molar-refractivity contribution in [1.82, 2.24) is 4.90 Å². The highest BCUT2D eigenvalue weighted by Gasteiger charge is 2.60. The Balaban J connectivity index is 1.72. The van der Waals surface area contributed by atoms with Gasteiger partial charge in [0.2, 0.25) is 11.8 Å². The molecule has 94 valence electrons. The molecule has 0 N–H and O–H groups in total. The van der Waals surface area contributed by atoms with Gasteiger partial charge in [-0.15, -0.1) is 0 Å². The third-order valence-electron chi connectivity index (χ3n) is 4.78. The number of unbranched alkanes of at least 4 members (excludes halogenated alkanes) is 1. The SMILES string of the molecule is O=C1[C@@H]2[C@H]3CC[C@H](C3)[C@@H]2C(=O)N1CCCCBr. The molecular formula is C13H18BrNO2. The molecule has 2 amide bonds. The van der Waals surface area contributed by atoms with E-state index in [2.05, 4.69) is 15.9 Å². The number of rotatable bonds is 4. The third-order valence-corrected chi connectivity index (χ3v) is 5.34. The van der Waals surface area contributed by atoms with Crippen LogP contribution >= 0.6 is 15.9 Å². The second-order valence-corrected chi connectivity index (χ2v) is 6.40. The van der Waals surface area contributed by atoms with Gasteiger partial charge in [-0.05, 0) is 43.9 Å². The highest BCUT2D eigenvalue weighted by atomic mass is 79.9. The van der Waals surface area contributed by atoms with E-state index in [1.807, 2.05) is 0 Å². The first-order valence-corrected chi connectivity index (χ1v) is 7.77. The molecule has 0 unspecified atom stereocenters. The second kappa shape index (κ2) is 4.38. The average Bonchev–Trinajstić information content (AvgIpc) is 2.97. The van der Waals surface area contributed by atoms with Crippen molar-refractivity contribution in [2.45, 2.75) is 32.1 Å². The van der Waals surface area contributed by atoms with Crippen LogP contribution in [0.4, 0.5) is 0 Å². The zero-order chi connectivity index (χ0) is 12.0. The summed E-state index contributed by atoms with van der Waals surface area (Å²) in [6.45, 7) is 0.635. The van der Waals surface area contributed by atoms with Gasteiger partial charge in [0.25, 0.3) is 0 Å². The summed E-state index contributed by atoms with van der Waals surface area (Å²) < 4.78 is 0. The average molecular weight is 300 g/mol. The fourth-order valence-corrected chi connectivity index (χ4v) is 4.45. The zero-order valence-corrected chi connectivity index (χ0v) is 11.5. The minimum atomic E-state index is 0.0604. The number of hydrogen-bond donors (Lipinski definition) is 0. The minimum absolute atomic E-state index is 0.0604. The highest BCUT2D eigenvalue weighted by Crippen LogP contribution is 2.56. The van der Waals surface area contributed by atoms with E-state index in [-0.39, 0.29) is 23.7 Å². The number of carbonyl (C=O) groups is 2. The Morgan fingerprint density at radius 2 is 1.65 bits per heavy atom. The van der Waals surface area contributed by atoms with Crippen LogP contribution < -0.4 is 0 Å². The molecule has 0 aromatic heterocycles. The maximum Gasteiger partial charge on any atom is 0.233 e. The van der Waals surface area contributed by atoms with Crippen LogP contribution in [0.3, 0.4) is 0 Å². The number of halogens is 1. The van der Waals surface area contributed by atoms with Crippen molar-refractivity contribution < 1.29 is 9.59 Å². The van der Waals surface area contributed by atoms with Crippen molar-refractivity contribution in [3.63, 3.8) is 0 Å². The summed E-state index contributed by atoms with van der Waals surface area (Å²) in [5, 5.41) is 0.946. The van der Waals surface area contributed by atoms with E-state index in [0.717, 1.165) is 24.6 Å². The Hall–Kier alpha value is -0.380. The molecule has 3 aliphatic rings. The van der Waals surface area contributed by atoms with Crippen molar-refractivity contribution >= 4 is 27.7 Å². The number of carbonyl (C=O) groups excluding carboxylic acids is 2. The molecule has 0 radical (unpaired) electrons. The number of nitrogens with zero attached hydrogens (tertiary/aromatic N) is 1. The summed E-state index contributed by atoms with van der Waals surface area (Å²) in [6.07, 6.45) is 5.42. The topological polar surface area (TPSA) is 37.4 Å². The van der Waals surface area contributed by atoms with Gasteiger partial charge in [-0.3, -0.25) is 14.5 Å². The van der Waals surface area contributed by atoms with Crippen molar-refractivity contribution in [2.24, 2.45) is 23.7 Å². The van der Waals surface area contributed by atoms with E-state index >= 15 is 0 Å². The lowest BCUT2D eigenvalue weighted by Crippen LogP contribution is -2.33. The molecule has 0 spiro atoms. The molecule has 4 heteroatoms. The molecule has 17 heavy (non-hydrogen) atoms. The predicted octanol–water partition coefficient (Wildman–Crippen LogP) is 2.19. The molecule has 3 nitrogen and oxygen atoms in total. The Labute approximate surface area is 110 Å². The zero-order valence-electron chi connectivity index (χ0n) is 9.90. The molecule has 1 saturated heterocycles. The Kier molecular flexibility index (Phi) is 3.01. The summed E-state index contributed by atoms with van der Waals surface area (Å²) in [5.74, 6) is 1.43. The minimum Gasteiger partial charge on any atom is -0.282 e. The summed E-state index contributed by atoms with van der Waals surface area (Å²) in [6, 6.07) is 0. The van der Waals surface area contributed by atoms with Gasteiger partial charge in [0.1, 0.15) is 0 Å². The molecule has 3 rings (SSSR count). The summed E-state index contributed by atoms with van der Waals surface area (Å²) in [7, 11) is 0. The number of hydrogen-bond acceptors (Lipinski definition) is 2. The number of imide groups is 1. The Morgan fingerprint density at radius 3 is 2.18 bits per heavy atom. The maximum atomic E-state index is 12.3. The van der Waals surface area contributed by atoms with Crippen LogP contribution in [-0.4, -0.2) is 28.6 Å². The Bertz CT molecular complexity index is 329. The fourth-order valence-electron chi connectivity index (χ4n) is 4.06. The largest absolute Gasteiger partial charge is 0.282 e. The van der Waals surface area contributed by atoms with Crippen molar-refractivity contribution in [1.29, 1.82) is 0 Å². The van der Waals surface area contributed by atoms with E-state index in [0.29, 0.717) is 18.4 Å². The van der Waals surface area contributed by atoms with E-state index in [4.69, 9.17) is 0 Å². The summed E-state index contributed by atoms with van der Waals surface area (Å²) in [5.41, 5.74) is 0. The van der Waals surface area contributed by atoms with Gasteiger partial charge >= 0.3 is 0 Å². The standard InChI is InChI=1S/C13H18BrNO2/c14-5-1-2-6-15-12(16)10-8-3-4-9(7-8)11(10)13(15)17/h8-11H,1-7H2/t8-,9+,10+,11-. The lowest BCUT2D eigenvalue weighted by molar-refractivity contribution is -0.140. The van der Waals surface area contributed by atoms with E-state index in [1.165, 1.54) is 12.8 Å². The predicted molar refractivity (Wildman–Crippen MR) is 67.6 cm³/mol. The van der Waals surface area contributed by atoms with Crippen molar-refractivity contribution in [3.05, 3.63) is 0 Å². The number of alkyl halides is 1. The van der Waals surface area contributed by atoms with Gasteiger partial charge in [-0.2, -0.15) is 0 Å².